The van der Waals surface area contributed by atoms with Gasteiger partial charge < -0.3 is 11.1 Å². The van der Waals surface area contributed by atoms with Gasteiger partial charge in [-0.25, -0.2) is 14.7 Å². The van der Waals surface area contributed by atoms with E-state index in [4.69, 9.17) is 5.73 Å². The highest BCUT2D eigenvalue weighted by atomic mass is 15.3. The first-order chi connectivity index (χ1) is 14.3. The van der Waals surface area contributed by atoms with Crippen molar-refractivity contribution in [3.8, 4) is 11.1 Å². The van der Waals surface area contributed by atoms with E-state index in [0.717, 1.165) is 18.5 Å². The van der Waals surface area contributed by atoms with Gasteiger partial charge in [0.15, 0.2) is 5.96 Å². The van der Waals surface area contributed by atoms with Crippen LogP contribution in [0.15, 0.2) is 66.2 Å². The zero-order chi connectivity index (χ0) is 20.3. The lowest BCUT2D eigenvalue weighted by Gasteiger charge is -2.10. The zero-order valence-electron chi connectivity index (χ0n) is 17.1. The number of hydrogen-bond acceptors (Lipinski definition) is 3. The molecule has 0 spiro atoms. The number of nitrogens with zero attached hydrogens (tertiary/aromatic N) is 4. The summed E-state index contributed by atoms with van der Waals surface area (Å²) in [7, 11) is 0. The van der Waals surface area contributed by atoms with Gasteiger partial charge in [0, 0.05) is 6.54 Å². The lowest BCUT2D eigenvalue weighted by molar-refractivity contribution is 0.652. The Bertz CT molecular complexity index is 884. The Labute approximate surface area is 172 Å². The molecule has 0 atom stereocenters. The highest BCUT2D eigenvalue weighted by molar-refractivity contribution is 5.78. The summed E-state index contributed by atoms with van der Waals surface area (Å²) in [5, 5.41) is 7.37. The third-order valence-corrected chi connectivity index (χ3v) is 4.85. The van der Waals surface area contributed by atoms with Crippen LogP contribution in [0.3, 0.4) is 0 Å². The van der Waals surface area contributed by atoms with Gasteiger partial charge in [-0.1, -0.05) is 74.7 Å². The van der Waals surface area contributed by atoms with Crippen LogP contribution in [0.25, 0.3) is 11.1 Å². The van der Waals surface area contributed by atoms with Crippen LogP contribution in [0.1, 0.15) is 43.7 Å². The fourth-order valence-corrected chi connectivity index (χ4v) is 3.23. The van der Waals surface area contributed by atoms with E-state index in [9.17, 15) is 0 Å². The Balaban J connectivity index is 1.61. The topological polar surface area (TPSA) is 81.1 Å². The van der Waals surface area contributed by atoms with Crippen molar-refractivity contribution in [1.29, 1.82) is 0 Å². The highest BCUT2D eigenvalue weighted by Gasteiger charge is 2.05. The Morgan fingerprint density at radius 2 is 1.90 bits per heavy atom. The summed E-state index contributed by atoms with van der Waals surface area (Å²) in [6.45, 7) is 4.37. The van der Waals surface area contributed by atoms with E-state index in [1.54, 1.807) is 12.7 Å². The molecule has 0 saturated carbocycles. The van der Waals surface area contributed by atoms with Gasteiger partial charge in [0.2, 0.25) is 0 Å². The maximum atomic E-state index is 6.03. The molecule has 0 aliphatic carbocycles. The lowest BCUT2D eigenvalue weighted by atomic mass is 9.98. The molecule has 0 radical (unpaired) electrons. The second-order valence-electron chi connectivity index (χ2n) is 7.14. The predicted molar refractivity (Wildman–Crippen MR) is 118 cm³/mol. The predicted octanol–water partition coefficient (Wildman–Crippen LogP) is 3.98. The van der Waals surface area contributed by atoms with Gasteiger partial charge in [-0.3, -0.25) is 0 Å². The Kier molecular flexibility index (Phi) is 7.81. The molecule has 1 aromatic heterocycles. The van der Waals surface area contributed by atoms with Gasteiger partial charge in [-0.2, -0.15) is 5.10 Å². The van der Waals surface area contributed by atoms with Gasteiger partial charge in [-0.15, -0.1) is 0 Å². The second kappa shape index (κ2) is 11.0. The average Bonchev–Trinajstić information content (AvgIpc) is 3.26. The Morgan fingerprint density at radius 3 is 2.66 bits per heavy atom. The average molecular weight is 391 g/mol. The molecule has 0 aliphatic heterocycles. The van der Waals surface area contributed by atoms with Crippen LogP contribution in [0, 0.1) is 0 Å². The zero-order valence-corrected chi connectivity index (χ0v) is 17.1. The number of guanidine groups is 1. The highest BCUT2D eigenvalue weighted by Crippen LogP contribution is 2.25. The van der Waals surface area contributed by atoms with Crippen molar-refractivity contribution >= 4 is 5.96 Å². The molecule has 0 amide bonds. The van der Waals surface area contributed by atoms with Crippen LogP contribution in [0.5, 0.6) is 0 Å². The monoisotopic (exact) mass is 390 g/mol. The summed E-state index contributed by atoms with van der Waals surface area (Å²) >= 11 is 0. The van der Waals surface area contributed by atoms with Crippen LogP contribution >= 0.6 is 0 Å². The number of benzene rings is 2. The molecule has 0 unspecified atom stereocenters. The molecule has 0 aliphatic rings. The number of unbranched alkanes of at least 4 members (excludes halogenated alkanes) is 3. The van der Waals surface area contributed by atoms with E-state index in [1.807, 2.05) is 10.7 Å². The minimum atomic E-state index is 0.513. The third-order valence-electron chi connectivity index (χ3n) is 4.85. The summed E-state index contributed by atoms with van der Waals surface area (Å²) in [5.41, 5.74) is 10.7. The van der Waals surface area contributed by atoms with Crippen LogP contribution in [-0.2, 0) is 13.1 Å². The summed E-state index contributed by atoms with van der Waals surface area (Å²) in [6.07, 6.45) is 8.14. The summed E-state index contributed by atoms with van der Waals surface area (Å²) in [6, 6.07) is 16.9. The SMILES string of the molecule is CCCCCCNC(N)=NCc1ccccc1-c1ccc(Cn2cncn2)cc1. The van der Waals surface area contributed by atoms with Gasteiger partial charge in [0.05, 0.1) is 13.1 Å². The molecule has 0 saturated heterocycles. The van der Waals surface area contributed by atoms with Crippen LogP contribution in [-0.4, -0.2) is 27.3 Å². The minimum Gasteiger partial charge on any atom is -0.370 e. The number of nitrogens with two attached hydrogens (primary N) is 1. The van der Waals surface area contributed by atoms with Crippen LogP contribution in [0.2, 0.25) is 0 Å². The molecular formula is C23H30N6. The first-order valence-electron chi connectivity index (χ1n) is 10.3. The first-order valence-corrected chi connectivity index (χ1v) is 10.3. The Morgan fingerprint density at radius 1 is 1.07 bits per heavy atom. The number of nitrogens with one attached hydrogen (secondary N) is 1. The fourth-order valence-electron chi connectivity index (χ4n) is 3.23. The van der Waals surface area contributed by atoms with Gasteiger partial charge in [0.1, 0.15) is 12.7 Å². The standard InChI is InChI=1S/C23H30N6/c1-2-3-4-7-14-26-23(24)27-15-21-8-5-6-9-22(21)20-12-10-19(11-13-20)16-29-18-25-17-28-29/h5-6,8-13,17-18H,2-4,7,14-16H2,1H3,(H3,24,26,27). The van der Waals surface area contributed by atoms with Crippen molar-refractivity contribution in [2.45, 2.75) is 45.7 Å². The molecular weight excluding hydrogens is 360 g/mol. The van der Waals surface area contributed by atoms with Crippen molar-refractivity contribution in [3.05, 3.63) is 72.3 Å². The number of hydrogen-bond donors (Lipinski definition) is 2. The molecule has 3 rings (SSSR count). The van der Waals surface area contributed by atoms with Gasteiger partial charge in [0.25, 0.3) is 0 Å². The minimum absolute atomic E-state index is 0.513. The smallest absolute Gasteiger partial charge is 0.188 e. The van der Waals surface area contributed by atoms with Crippen molar-refractivity contribution in [3.63, 3.8) is 0 Å². The fraction of sp³-hybridized carbons (Fsp3) is 0.348. The molecule has 3 aromatic rings. The van der Waals surface area contributed by atoms with E-state index < -0.39 is 0 Å². The van der Waals surface area contributed by atoms with Crippen molar-refractivity contribution in [2.75, 3.05) is 6.54 Å². The van der Waals surface area contributed by atoms with Gasteiger partial charge >= 0.3 is 0 Å². The second-order valence-corrected chi connectivity index (χ2v) is 7.14. The first kappa shape index (κ1) is 20.6. The molecule has 29 heavy (non-hydrogen) atoms. The molecule has 0 fully saturated rings. The molecule has 6 heteroatoms. The normalized spacial score (nSPS) is 11.6. The number of aliphatic imine (C=N–C) groups is 1. The van der Waals surface area contributed by atoms with E-state index in [2.05, 4.69) is 69.8 Å². The largest absolute Gasteiger partial charge is 0.370 e. The van der Waals surface area contributed by atoms with Crippen LogP contribution < -0.4 is 11.1 Å². The van der Waals surface area contributed by atoms with Crippen molar-refractivity contribution in [2.24, 2.45) is 10.7 Å². The maximum absolute atomic E-state index is 6.03. The number of rotatable bonds is 10. The number of aromatic nitrogens is 3. The van der Waals surface area contributed by atoms with E-state index >= 15 is 0 Å². The van der Waals surface area contributed by atoms with Crippen LogP contribution in [0.4, 0.5) is 0 Å². The summed E-state index contributed by atoms with van der Waals surface area (Å²) < 4.78 is 1.82. The van der Waals surface area contributed by atoms with Crippen molar-refractivity contribution < 1.29 is 0 Å². The molecule has 152 valence electrons. The Hall–Kier alpha value is -3.15. The van der Waals surface area contributed by atoms with Crippen molar-refractivity contribution in [1.82, 2.24) is 20.1 Å². The molecule has 6 nitrogen and oxygen atoms in total. The quantitative estimate of drug-likeness (QED) is 0.312. The maximum Gasteiger partial charge on any atom is 0.188 e. The molecule has 3 N–H and O–H groups in total. The van der Waals surface area contributed by atoms with E-state index in [1.165, 1.54) is 36.0 Å². The summed E-state index contributed by atoms with van der Waals surface area (Å²) in [5.74, 6) is 0.513. The van der Waals surface area contributed by atoms with E-state index in [-0.39, 0.29) is 0 Å². The summed E-state index contributed by atoms with van der Waals surface area (Å²) in [4.78, 5) is 8.52. The van der Waals surface area contributed by atoms with E-state index in [0.29, 0.717) is 19.0 Å². The lowest BCUT2D eigenvalue weighted by Crippen LogP contribution is -2.32. The molecule has 0 bridgehead atoms. The molecule has 2 aromatic carbocycles. The molecule has 1 heterocycles. The van der Waals surface area contributed by atoms with Gasteiger partial charge in [-0.05, 0) is 28.7 Å². The third kappa shape index (κ3) is 6.45.